The number of piperidine rings is 1. The highest BCUT2D eigenvalue weighted by molar-refractivity contribution is 5.96. The van der Waals surface area contributed by atoms with E-state index in [1.165, 1.54) is 0 Å². The molecule has 1 fully saturated rings. The fraction of sp³-hybridized carbons (Fsp3) is 0.588. The number of ether oxygens (including phenoxy) is 2. The van der Waals surface area contributed by atoms with Gasteiger partial charge in [-0.1, -0.05) is 0 Å². The van der Waals surface area contributed by atoms with Crippen LogP contribution < -0.4 is 9.64 Å². The van der Waals surface area contributed by atoms with Gasteiger partial charge >= 0.3 is 0 Å². The molecule has 0 atom stereocenters. The van der Waals surface area contributed by atoms with Crippen LogP contribution in [0.1, 0.15) is 19.8 Å². The second kappa shape index (κ2) is 9.95. The van der Waals surface area contributed by atoms with E-state index in [1.807, 2.05) is 17.0 Å². The van der Waals surface area contributed by atoms with Crippen LogP contribution in [0.25, 0.3) is 0 Å². The van der Waals surface area contributed by atoms with Crippen molar-refractivity contribution in [3.63, 3.8) is 0 Å². The molecule has 1 aromatic heterocycles. The molecule has 1 saturated heterocycles. The lowest BCUT2D eigenvalue weighted by Gasteiger charge is -2.36. The molecule has 1 aliphatic heterocycles. The Morgan fingerprint density at radius 3 is 2.72 bits per heavy atom. The summed E-state index contributed by atoms with van der Waals surface area (Å²) in [7, 11) is 3.21. The van der Waals surface area contributed by atoms with Gasteiger partial charge in [-0.05, 0) is 25.8 Å². The first-order valence-electron chi connectivity index (χ1n) is 8.48. The number of hydrogen-bond acceptors (Lipinski definition) is 6. The Morgan fingerprint density at radius 2 is 2.16 bits per heavy atom. The average molecular weight is 349 g/mol. The van der Waals surface area contributed by atoms with Gasteiger partial charge in [-0.15, -0.1) is 5.10 Å². The van der Waals surface area contributed by atoms with Crippen LogP contribution >= 0.6 is 0 Å². The highest BCUT2D eigenvalue weighted by atomic mass is 16.5. The van der Waals surface area contributed by atoms with Gasteiger partial charge in [0.05, 0.1) is 37.9 Å². The van der Waals surface area contributed by atoms with E-state index in [1.54, 1.807) is 26.6 Å². The molecule has 0 unspecified atom stereocenters. The summed E-state index contributed by atoms with van der Waals surface area (Å²) in [5.74, 6) is 1.31. The predicted molar refractivity (Wildman–Crippen MR) is 98.4 cm³/mol. The summed E-state index contributed by atoms with van der Waals surface area (Å²) in [6.07, 6.45) is 4.58. The lowest BCUT2D eigenvalue weighted by atomic mass is 10.1. The Morgan fingerprint density at radius 1 is 1.40 bits per heavy atom. The zero-order valence-electron chi connectivity index (χ0n) is 15.1. The van der Waals surface area contributed by atoms with Gasteiger partial charge in [0.2, 0.25) is 11.8 Å². The smallest absolute Gasteiger partial charge is 0.226 e. The van der Waals surface area contributed by atoms with Gasteiger partial charge in [-0.3, -0.25) is 0 Å². The number of pyridine rings is 1. The Labute approximate surface area is 148 Å². The molecule has 0 radical (unpaired) electrons. The van der Waals surface area contributed by atoms with Gasteiger partial charge < -0.3 is 24.4 Å². The van der Waals surface area contributed by atoms with Gasteiger partial charge in [0.25, 0.3) is 0 Å². The van der Waals surface area contributed by atoms with Crippen molar-refractivity contribution in [2.45, 2.75) is 25.9 Å². The van der Waals surface area contributed by atoms with Gasteiger partial charge in [0.1, 0.15) is 0 Å². The molecule has 0 aliphatic carbocycles. The molecule has 1 aromatic rings. The van der Waals surface area contributed by atoms with Crippen molar-refractivity contribution in [1.29, 1.82) is 0 Å². The van der Waals surface area contributed by atoms with E-state index in [0.717, 1.165) is 37.6 Å². The Hall–Kier alpha value is -2.19. The second-order valence-corrected chi connectivity index (χ2v) is 5.67. The third-order valence-electron chi connectivity index (χ3n) is 4.02. The number of methoxy groups -OCH3 is 2. The predicted octanol–water partition coefficient (Wildman–Crippen LogP) is 1.36. The molecule has 2 heterocycles. The molecular weight excluding hydrogens is 322 g/mol. The highest BCUT2D eigenvalue weighted by Gasteiger charge is 2.24. The largest absolute Gasteiger partial charge is 0.481 e. The lowest BCUT2D eigenvalue weighted by molar-refractivity contribution is 0.108. The minimum absolute atomic E-state index is 0.243. The van der Waals surface area contributed by atoms with Crippen LogP contribution in [0.3, 0.4) is 0 Å². The average Bonchev–Trinajstić information content (AvgIpc) is 2.65. The van der Waals surface area contributed by atoms with E-state index >= 15 is 0 Å². The molecule has 25 heavy (non-hydrogen) atoms. The Balaban J connectivity index is 2.26. The number of aliphatic hydroxyl groups is 1. The summed E-state index contributed by atoms with van der Waals surface area (Å²) in [6, 6.07) is 3.77. The Bertz CT molecular complexity index is 568. The molecule has 1 aliphatic rings. The zero-order chi connectivity index (χ0) is 18.1. The summed E-state index contributed by atoms with van der Waals surface area (Å²) in [5.41, 5.74) is 0.912. The van der Waals surface area contributed by atoms with E-state index in [-0.39, 0.29) is 6.10 Å². The van der Waals surface area contributed by atoms with Crippen LogP contribution in [0.2, 0.25) is 0 Å². The maximum Gasteiger partial charge on any atom is 0.226 e. The number of aromatic nitrogens is 1. The van der Waals surface area contributed by atoms with Crippen molar-refractivity contribution in [2.24, 2.45) is 10.2 Å². The monoisotopic (exact) mass is 349 g/mol. The van der Waals surface area contributed by atoms with Crippen molar-refractivity contribution >= 4 is 17.9 Å². The lowest BCUT2D eigenvalue weighted by Crippen LogP contribution is -2.48. The first kappa shape index (κ1) is 19.1. The number of anilines is 1. The molecule has 0 saturated carbocycles. The van der Waals surface area contributed by atoms with Crippen molar-refractivity contribution < 1.29 is 14.6 Å². The van der Waals surface area contributed by atoms with E-state index in [2.05, 4.69) is 27.0 Å². The van der Waals surface area contributed by atoms with E-state index in [4.69, 9.17) is 9.47 Å². The third-order valence-corrected chi connectivity index (χ3v) is 4.02. The van der Waals surface area contributed by atoms with Crippen LogP contribution in [-0.4, -0.2) is 73.7 Å². The first-order chi connectivity index (χ1) is 12.2. The van der Waals surface area contributed by atoms with Crippen LogP contribution in [0.4, 0.5) is 5.69 Å². The number of guanidine groups is 1. The summed E-state index contributed by atoms with van der Waals surface area (Å²) in [6.45, 7) is 4.65. The molecule has 0 amide bonds. The van der Waals surface area contributed by atoms with Crippen molar-refractivity contribution in [1.82, 2.24) is 9.88 Å². The van der Waals surface area contributed by atoms with Crippen LogP contribution in [0, 0.1) is 0 Å². The number of aliphatic hydroxyl groups excluding tert-OH is 1. The minimum Gasteiger partial charge on any atom is -0.481 e. The molecule has 1 N–H and O–H groups in total. The topological polar surface area (TPSA) is 82.8 Å². The highest BCUT2D eigenvalue weighted by Crippen LogP contribution is 2.20. The molecule has 8 nitrogen and oxygen atoms in total. The summed E-state index contributed by atoms with van der Waals surface area (Å²) in [5, 5.41) is 18.3. The van der Waals surface area contributed by atoms with Crippen LogP contribution in [0.15, 0.2) is 28.5 Å². The zero-order valence-corrected chi connectivity index (χ0v) is 15.1. The maximum absolute atomic E-state index is 9.78. The number of nitrogens with zero attached hydrogens (tertiary/aromatic N) is 5. The minimum atomic E-state index is -0.243. The summed E-state index contributed by atoms with van der Waals surface area (Å²) < 4.78 is 10.1. The molecule has 2 rings (SSSR count). The van der Waals surface area contributed by atoms with Gasteiger partial charge in [-0.25, -0.2) is 4.98 Å². The molecule has 0 bridgehead atoms. The Kier molecular flexibility index (Phi) is 7.62. The van der Waals surface area contributed by atoms with Crippen molar-refractivity contribution in [3.05, 3.63) is 18.3 Å². The second-order valence-electron chi connectivity index (χ2n) is 5.67. The molecule has 0 aromatic carbocycles. The third kappa shape index (κ3) is 5.40. The number of likely N-dealkylation sites (tertiary alicyclic amines) is 1. The fourth-order valence-corrected chi connectivity index (χ4v) is 2.65. The van der Waals surface area contributed by atoms with Crippen LogP contribution in [-0.2, 0) is 4.74 Å². The quantitative estimate of drug-likeness (QED) is 0.474. The number of hydrogen-bond donors (Lipinski definition) is 1. The van der Waals surface area contributed by atoms with Crippen molar-refractivity contribution in [2.75, 3.05) is 45.4 Å². The first-order valence-corrected chi connectivity index (χ1v) is 8.48. The molecule has 0 spiro atoms. The van der Waals surface area contributed by atoms with E-state index in [0.29, 0.717) is 19.0 Å². The van der Waals surface area contributed by atoms with Crippen molar-refractivity contribution in [3.8, 4) is 5.88 Å². The summed E-state index contributed by atoms with van der Waals surface area (Å²) in [4.78, 5) is 8.47. The summed E-state index contributed by atoms with van der Waals surface area (Å²) >= 11 is 0. The normalized spacial score (nSPS) is 16.5. The van der Waals surface area contributed by atoms with E-state index in [9.17, 15) is 5.11 Å². The standard InChI is InChI=1S/C17H27N5O3/c1-4-22(14-5-6-16(25-3)18-13-14)17(20-19-9-12-24-2)21-10-7-15(23)8-11-21/h5-6,9,13,15,23H,4,7-8,10-12H2,1-3H3/b19-9+,20-17-. The van der Waals surface area contributed by atoms with Crippen LogP contribution in [0.5, 0.6) is 5.88 Å². The van der Waals surface area contributed by atoms with Gasteiger partial charge in [-0.2, -0.15) is 5.10 Å². The molecule has 138 valence electrons. The molecular formula is C17H27N5O3. The molecule has 8 heteroatoms. The number of rotatable bonds is 6. The maximum atomic E-state index is 9.78. The van der Waals surface area contributed by atoms with Gasteiger partial charge in [0.15, 0.2) is 0 Å². The van der Waals surface area contributed by atoms with Gasteiger partial charge in [0, 0.05) is 32.8 Å². The fourth-order valence-electron chi connectivity index (χ4n) is 2.65. The SMILES string of the molecule is CCN(/C(=N\N=C\COC)N1CCC(O)CC1)c1ccc(OC)nc1. The van der Waals surface area contributed by atoms with E-state index < -0.39 is 0 Å².